The fraction of sp³-hybridized carbons (Fsp3) is 0.812. The lowest BCUT2D eigenvalue weighted by atomic mass is 10.1. The molecule has 0 fully saturated rings. The lowest BCUT2D eigenvalue weighted by molar-refractivity contribution is -0.179. The topological polar surface area (TPSA) is 56.8 Å². The van der Waals surface area contributed by atoms with Crippen LogP contribution in [0.2, 0.25) is 18.1 Å². The van der Waals surface area contributed by atoms with Crippen molar-refractivity contribution < 1.29 is 18.7 Å². The highest BCUT2D eigenvalue weighted by atomic mass is 35.6. The molecule has 0 aromatic heterocycles. The number of hydrogen-bond donors (Lipinski definition) is 1. The van der Waals surface area contributed by atoms with Gasteiger partial charge < -0.3 is 19.2 Å². The Morgan fingerprint density at radius 1 is 1.24 bits per heavy atom. The monoisotopic (exact) mass is 431 g/mol. The molecule has 0 saturated carbocycles. The molecule has 146 valence electrons. The minimum absolute atomic E-state index is 0.117. The van der Waals surface area contributed by atoms with Gasteiger partial charge in [-0.2, -0.15) is 0 Å². The van der Waals surface area contributed by atoms with E-state index in [-0.39, 0.29) is 11.1 Å². The highest BCUT2D eigenvalue weighted by Crippen LogP contribution is 2.36. The Balaban J connectivity index is 2.73. The van der Waals surface area contributed by atoms with Crippen molar-refractivity contribution in [2.45, 2.75) is 68.1 Å². The predicted octanol–water partition coefficient (Wildman–Crippen LogP) is 4.18. The van der Waals surface area contributed by atoms with Crippen LogP contribution >= 0.6 is 34.8 Å². The summed E-state index contributed by atoms with van der Waals surface area (Å²) in [6.45, 7) is 13.6. The number of hydrogen-bond acceptors (Lipinski definition) is 4. The van der Waals surface area contributed by atoms with Crippen molar-refractivity contribution in [3.8, 4) is 0 Å². The number of amides is 1. The summed E-state index contributed by atoms with van der Waals surface area (Å²) in [5.74, 6) is -0.726. The van der Waals surface area contributed by atoms with Crippen LogP contribution in [-0.2, 0) is 18.7 Å². The van der Waals surface area contributed by atoms with Gasteiger partial charge in [0, 0.05) is 6.61 Å². The molecule has 0 spiro atoms. The molecule has 0 aromatic rings. The lowest BCUT2D eigenvalue weighted by Crippen LogP contribution is -2.52. The molecule has 0 radical (unpaired) electrons. The quantitative estimate of drug-likeness (QED) is 0.388. The smallest absolute Gasteiger partial charge is 0.272 e. The van der Waals surface area contributed by atoms with Crippen LogP contribution in [0.25, 0.3) is 0 Å². The average Bonchev–Trinajstić information content (AvgIpc) is 2.45. The average molecular weight is 433 g/mol. The molecule has 1 aliphatic heterocycles. The fourth-order valence-corrected chi connectivity index (χ4v) is 3.07. The number of carbonyl (C=O) groups is 1. The Labute approximate surface area is 166 Å². The molecule has 9 heteroatoms. The van der Waals surface area contributed by atoms with Crippen molar-refractivity contribution in [1.29, 1.82) is 0 Å². The zero-order valence-corrected chi connectivity index (χ0v) is 18.8. The number of alkyl halides is 3. The van der Waals surface area contributed by atoms with Crippen LogP contribution in [0.5, 0.6) is 0 Å². The van der Waals surface area contributed by atoms with Gasteiger partial charge in [0.05, 0.1) is 12.6 Å². The zero-order valence-electron chi connectivity index (χ0n) is 15.6. The van der Waals surface area contributed by atoms with Gasteiger partial charge in [0.1, 0.15) is 6.10 Å². The summed E-state index contributed by atoms with van der Waals surface area (Å²) in [7, 11) is -1.87. The minimum atomic E-state index is -2.03. The number of halogens is 3. The van der Waals surface area contributed by atoms with Crippen molar-refractivity contribution in [1.82, 2.24) is 5.32 Å². The van der Waals surface area contributed by atoms with Gasteiger partial charge >= 0.3 is 0 Å². The van der Waals surface area contributed by atoms with E-state index in [4.69, 9.17) is 48.7 Å². The second kappa shape index (κ2) is 8.91. The van der Waals surface area contributed by atoms with E-state index in [0.29, 0.717) is 13.2 Å². The Bertz CT molecular complexity index is 489. The van der Waals surface area contributed by atoms with Gasteiger partial charge in [0.2, 0.25) is 0 Å². The maximum atomic E-state index is 11.9. The van der Waals surface area contributed by atoms with Gasteiger partial charge in [-0.1, -0.05) is 67.7 Å². The third kappa shape index (κ3) is 7.01. The molecule has 25 heavy (non-hydrogen) atoms. The van der Waals surface area contributed by atoms with E-state index in [1.54, 1.807) is 6.08 Å². The molecule has 0 aromatic carbocycles. The third-order valence-electron chi connectivity index (χ3n) is 4.44. The molecule has 0 unspecified atom stereocenters. The van der Waals surface area contributed by atoms with Crippen LogP contribution in [0, 0.1) is 0 Å². The molecule has 1 amide bonds. The first-order valence-corrected chi connectivity index (χ1v) is 12.3. The Morgan fingerprint density at radius 2 is 1.84 bits per heavy atom. The number of carbonyl (C=O) groups excluding carboxylic acids is 1. The summed E-state index contributed by atoms with van der Waals surface area (Å²) in [4.78, 5) is 11.9. The van der Waals surface area contributed by atoms with Crippen molar-refractivity contribution in [2.24, 2.45) is 0 Å². The van der Waals surface area contributed by atoms with Gasteiger partial charge in [0.25, 0.3) is 9.70 Å². The molecule has 0 saturated heterocycles. The summed E-state index contributed by atoms with van der Waals surface area (Å²) in [5, 5.41) is 2.72. The van der Waals surface area contributed by atoms with Crippen LogP contribution in [0.15, 0.2) is 12.2 Å². The van der Waals surface area contributed by atoms with Crippen LogP contribution < -0.4 is 5.32 Å². The third-order valence-corrected chi connectivity index (χ3v) is 9.45. The van der Waals surface area contributed by atoms with Crippen LogP contribution in [0.4, 0.5) is 0 Å². The summed E-state index contributed by atoms with van der Waals surface area (Å²) >= 11 is 16.8. The maximum Gasteiger partial charge on any atom is 0.272 e. The molecule has 0 bridgehead atoms. The number of nitrogens with one attached hydrogen (secondary N) is 1. The highest BCUT2D eigenvalue weighted by molar-refractivity contribution is 6.76. The van der Waals surface area contributed by atoms with E-state index in [1.807, 2.05) is 13.0 Å². The van der Waals surface area contributed by atoms with E-state index in [1.165, 1.54) is 0 Å². The molecule has 0 aliphatic carbocycles. The van der Waals surface area contributed by atoms with Gasteiger partial charge in [-0.05, 0) is 25.1 Å². The Kier molecular flexibility index (Phi) is 8.28. The van der Waals surface area contributed by atoms with Crippen LogP contribution in [0.1, 0.15) is 27.7 Å². The normalized spacial score (nSPS) is 25.1. The minimum Gasteiger partial charge on any atom is -0.414 e. The fourth-order valence-electron chi connectivity index (χ4n) is 1.90. The van der Waals surface area contributed by atoms with E-state index in [9.17, 15) is 4.79 Å². The molecule has 1 heterocycles. The standard InChI is InChI=1S/C16H28Cl3NO4Si/c1-7-22-13-12(20-14(21)16(17,18)19)9-8-11(24-13)10-23-25(5,6)15(2,3)4/h8-9,11-13H,7,10H2,1-6H3,(H,20,21)/t11-,12-,13-/m0/s1. The summed E-state index contributed by atoms with van der Waals surface area (Å²) < 4.78 is 15.6. The first-order chi connectivity index (χ1) is 11.3. The second-order valence-electron chi connectivity index (χ2n) is 7.45. The number of ether oxygens (including phenoxy) is 2. The molecule has 5 nitrogen and oxygen atoms in total. The van der Waals surface area contributed by atoms with Crippen molar-refractivity contribution in [3.05, 3.63) is 12.2 Å². The van der Waals surface area contributed by atoms with Crippen LogP contribution in [0.3, 0.4) is 0 Å². The first-order valence-electron chi connectivity index (χ1n) is 8.25. The summed E-state index contributed by atoms with van der Waals surface area (Å²) in [6.07, 6.45) is 2.70. The predicted molar refractivity (Wildman–Crippen MR) is 105 cm³/mol. The highest BCUT2D eigenvalue weighted by Gasteiger charge is 2.39. The largest absolute Gasteiger partial charge is 0.414 e. The van der Waals surface area contributed by atoms with E-state index in [2.05, 4.69) is 39.2 Å². The molecule has 1 aliphatic rings. The molecule has 1 rings (SSSR count). The Morgan fingerprint density at radius 3 is 2.32 bits per heavy atom. The van der Waals surface area contributed by atoms with Crippen LogP contribution in [-0.4, -0.2) is 49.7 Å². The van der Waals surface area contributed by atoms with Crippen molar-refractivity contribution >= 4 is 49.0 Å². The van der Waals surface area contributed by atoms with E-state index < -0.39 is 30.3 Å². The second-order valence-corrected chi connectivity index (χ2v) is 14.5. The van der Waals surface area contributed by atoms with Crippen molar-refractivity contribution in [2.75, 3.05) is 13.2 Å². The molecular weight excluding hydrogens is 405 g/mol. The first kappa shape index (κ1) is 23.2. The maximum absolute atomic E-state index is 11.9. The van der Waals surface area contributed by atoms with Gasteiger partial charge in [0.15, 0.2) is 14.6 Å². The summed E-state index contributed by atoms with van der Waals surface area (Å²) in [5.41, 5.74) is 0. The lowest BCUT2D eigenvalue weighted by Gasteiger charge is -2.38. The zero-order chi connectivity index (χ0) is 19.5. The Hall–Kier alpha value is 0.177. The van der Waals surface area contributed by atoms with E-state index >= 15 is 0 Å². The van der Waals surface area contributed by atoms with Gasteiger partial charge in [-0.15, -0.1) is 0 Å². The van der Waals surface area contributed by atoms with E-state index in [0.717, 1.165) is 0 Å². The molecular formula is C16H28Cl3NO4Si. The van der Waals surface area contributed by atoms with Gasteiger partial charge in [-0.3, -0.25) is 4.79 Å². The SMILES string of the molecule is CCO[C@H]1O[C@H](CO[Si](C)(C)C(C)(C)C)C=C[C@@H]1NC(=O)C(Cl)(Cl)Cl. The number of rotatable bonds is 6. The van der Waals surface area contributed by atoms with Crippen molar-refractivity contribution in [3.63, 3.8) is 0 Å². The summed E-state index contributed by atoms with van der Waals surface area (Å²) in [6, 6.07) is -0.535. The van der Waals surface area contributed by atoms with Gasteiger partial charge in [-0.25, -0.2) is 0 Å². The molecule has 3 atom stereocenters. The molecule has 1 N–H and O–H groups in total.